The molecule has 0 unspecified atom stereocenters. The molecule has 0 spiro atoms. The van der Waals surface area contributed by atoms with Crippen LogP contribution in [0.2, 0.25) is 0 Å². The number of aliphatic hydroxyl groups is 1. The number of aliphatic hydroxyl groups excluding tert-OH is 1. The number of amides is 1. The Morgan fingerprint density at radius 2 is 2.04 bits per heavy atom. The predicted molar refractivity (Wildman–Crippen MR) is 91.5 cm³/mol. The van der Waals surface area contributed by atoms with Gasteiger partial charge in [-0.05, 0) is 60.7 Å². The summed E-state index contributed by atoms with van der Waals surface area (Å²) in [5, 5.41) is 12.8. The van der Waals surface area contributed by atoms with Gasteiger partial charge in [-0.25, -0.2) is 0 Å². The quantitative estimate of drug-likeness (QED) is 0.885. The van der Waals surface area contributed by atoms with Crippen LogP contribution in [0, 0.1) is 0 Å². The molecule has 1 atom stereocenters. The van der Waals surface area contributed by atoms with E-state index in [-0.39, 0.29) is 12.5 Å². The molecule has 0 aliphatic heterocycles. The lowest BCUT2D eigenvalue weighted by molar-refractivity contribution is -0.118. The fraction of sp³-hybridized carbons (Fsp3) is 0.316. The summed E-state index contributed by atoms with van der Waals surface area (Å²) >= 11 is 0. The molecule has 5 heteroatoms. The van der Waals surface area contributed by atoms with E-state index in [1.165, 1.54) is 0 Å². The van der Waals surface area contributed by atoms with E-state index in [1.807, 2.05) is 18.2 Å². The molecular weight excluding hydrogens is 306 g/mol. The smallest absolute Gasteiger partial charge is 0.262 e. The molecule has 0 aromatic heterocycles. The standard InChI is InChI=1S/C19H21NO4/c1-23-14-10-8-13(9-11-14)20-19(22)12-24-18-7-3-4-15-16(18)5-2-6-17(15)21/h3-4,7-11,17,21H,2,5-6,12H2,1H3,(H,20,22)/t17-/m1/s1. The van der Waals surface area contributed by atoms with Crippen molar-refractivity contribution in [2.24, 2.45) is 0 Å². The van der Waals surface area contributed by atoms with Gasteiger partial charge in [-0.2, -0.15) is 0 Å². The van der Waals surface area contributed by atoms with Gasteiger partial charge in [0.2, 0.25) is 0 Å². The molecule has 0 radical (unpaired) electrons. The first-order valence-corrected chi connectivity index (χ1v) is 8.04. The van der Waals surface area contributed by atoms with E-state index in [1.54, 1.807) is 31.4 Å². The summed E-state index contributed by atoms with van der Waals surface area (Å²) in [7, 11) is 1.60. The Bertz CT molecular complexity index is 712. The summed E-state index contributed by atoms with van der Waals surface area (Å²) in [5.74, 6) is 1.18. The van der Waals surface area contributed by atoms with Gasteiger partial charge >= 0.3 is 0 Å². The number of methoxy groups -OCH3 is 1. The summed E-state index contributed by atoms with van der Waals surface area (Å²) < 4.78 is 10.8. The third-order valence-electron chi connectivity index (χ3n) is 4.17. The molecule has 0 bridgehead atoms. The highest BCUT2D eigenvalue weighted by Gasteiger charge is 2.21. The number of carbonyl (C=O) groups excluding carboxylic acids is 1. The van der Waals surface area contributed by atoms with Crippen LogP contribution in [-0.2, 0) is 11.2 Å². The molecule has 0 saturated carbocycles. The lowest BCUT2D eigenvalue weighted by Crippen LogP contribution is -2.21. The van der Waals surface area contributed by atoms with E-state index in [0.717, 1.165) is 36.1 Å². The summed E-state index contributed by atoms with van der Waals surface area (Å²) in [4.78, 5) is 12.1. The number of carbonyl (C=O) groups is 1. The van der Waals surface area contributed by atoms with Crippen LogP contribution in [0.4, 0.5) is 5.69 Å². The molecule has 3 rings (SSSR count). The van der Waals surface area contributed by atoms with Gasteiger partial charge in [0.15, 0.2) is 6.61 Å². The molecule has 1 aliphatic carbocycles. The average molecular weight is 327 g/mol. The summed E-state index contributed by atoms with van der Waals surface area (Å²) in [5.41, 5.74) is 2.61. The average Bonchev–Trinajstić information content (AvgIpc) is 2.61. The molecule has 0 heterocycles. The molecular formula is C19H21NO4. The zero-order valence-corrected chi connectivity index (χ0v) is 13.6. The second kappa shape index (κ2) is 7.36. The van der Waals surface area contributed by atoms with Crippen LogP contribution in [0.5, 0.6) is 11.5 Å². The van der Waals surface area contributed by atoms with E-state index in [2.05, 4.69) is 5.32 Å². The number of fused-ring (bicyclic) bond motifs is 1. The summed E-state index contributed by atoms with van der Waals surface area (Å²) in [6, 6.07) is 12.7. The van der Waals surface area contributed by atoms with Gasteiger partial charge in [0, 0.05) is 5.69 Å². The summed E-state index contributed by atoms with van der Waals surface area (Å²) in [6.07, 6.45) is 2.12. The molecule has 0 fully saturated rings. The Hall–Kier alpha value is -2.53. The van der Waals surface area contributed by atoms with Crippen molar-refractivity contribution < 1.29 is 19.4 Å². The van der Waals surface area contributed by atoms with Gasteiger partial charge in [-0.3, -0.25) is 4.79 Å². The molecule has 2 aromatic carbocycles. The second-order valence-electron chi connectivity index (χ2n) is 5.80. The number of ether oxygens (including phenoxy) is 2. The number of rotatable bonds is 5. The third kappa shape index (κ3) is 3.68. The second-order valence-corrected chi connectivity index (χ2v) is 5.80. The molecule has 1 aliphatic rings. The van der Waals surface area contributed by atoms with Crippen LogP contribution in [0.1, 0.15) is 30.1 Å². The van der Waals surface area contributed by atoms with Gasteiger partial charge in [0.25, 0.3) is 5.91 Å². The Labute approximate surface area is 141 Å². The minimum atomic E-state index is -0.439. The lowest BCUT2D eigenvalue weighted by atomic mass is 9.89. The number of anilines is 1. The monoisotopic (exact) mass is 327 g/mol. The lowest BCUT2D eigenvalue weighted by Gasteiger charge is -2.23. The molecule has 0 saturated heterocycles. The van der Waals surface area contributed by atoms with Crippen molar-refractivity contribution in [2.75, 3.05) is 19.0 Å². The first kappa shape index (κ1) is 16.3. The molecule has 2 N–H and O–H groups in total. The largest absolute Gasteiger partial charge is 0.497 e. The van der Waals surface area contributed by atoms with Crippen LogP contribution >= 0.6 is 0 Å². The maximum absolute atomic E-state index is 12.1. The number of hydrogen-bond acceptors (Lipinski definition) is 4. The topological polar surface area (TPSA) is 67.8 Å². The van der Waals surface area contributed by atoms with Crippen molar-refractivity contribution in [3.8, 4) is 11.5 Å². The minimum absolute atomic E-state index is 0.0709. The number of nitrogens with one attached hydrogen (secondary N) is 1. The number of benzene rings is 2. The molecule has 2 aromatic rings. The fourth-order valence-electron chi connectivity index (χ4n) is 2.94. The van der Waals surface area contributed by atoms with Crippen molar-refractivity contribution in [3.05, 3.63) is 53.6 Å². The van der Waals surface area contributed by atoms with E-state index in [4.69, 9.17) is 9.47 Å². The molecule has 5 nitrogen and oxygen atoms in total. The zero-order chi connectivity index (χ0) is 16.9. The Kier molecular flexibility index (Phi) is 5.01. The van der Waals surface area contributed by atoms with Gasteiger partial charge < -0.3 is 19.9 Å². The minimum Gasteiger partial charge on any atom is -0.497 e. The fourth-order valence-corrected chi connectivity index (χ4v) is 2.94. The highest BCUT2D eigenvalue weighted by molar-refractivity contribution is 5.91. The van der Waals surface area contributed by atoms with Crippen molar-refractivity contribution in [3.63, 3.8) is 0 Å². The van der Waals surface area contributed by atoms with E-state index < -0.39 is 6.10 Å². The van der Waals surface area contributed by atoms with E-state index >= 15 is 0 Å². The van der Waals surface area contributed by atoms with Gasteiger partial charge in [0.1, 0.15) is 11.5 Å². The normalized spacial score (nSPS) is 16.2. The predicted octanol–water partition coefficient (Wildman–Crippen LogP) is 3.08. The van der Waals surface area contributed by atoms with Crippen molar-refractivity contribution in [1.82, 2.24) is 0 Å². The Morgan fingerprint density at radius 3 is 2.79 bits per heavy atom. The van der Waals surface area contributed by atoms with Gasteiger partial charge in [0.05, 0.1) is 13.2 Å². The van der Waals surface area contributed by atoms with Crippen molar-refractivity contribution >= 4 is 11.6 Å². The van der Waals surface area contributed by atoms with E-state index in [9.17, 15) is 9.90 Å². The first-order valence-electron chi connectivity index (χ1n) is 8.04. The third-order valence-corrected chi connectivity index (χ3v) is 4.17. The summed E-state index contributed by atoms with van der Waals surface area (Å²) in [6.45, 7) is -0.0709. The van der Waals surface area contributed by atoms with Crippen LogP contribution < -0.4 is 14.8 Å². The highest BCUT2D eigenvalue weighted by atomic mass is 16.5. The maximum Gasteiger partial charge on any atom is 0.262 e. The van der Waals surface area contributed by atoms with E-state index in [0.29, 0.717) is 11.4 Å². The van der Waals surface area contributed by atoms with Crippen LogP contribution in [-0.4, -0.2) is 24.7 Å². The van der Waals surface area contributed by atoms with Gasteiger partial charge in [-0.15, -0.1) is 0 Å². The maximum atomic E-state index is 12.1. The molecule has 126 valence electrons. The van der Waals surface area contributed by atoms with Crippen LogP contribution in [0.25, 0.3) is 0 Å². The number of hydrogen-bond donors (Lipinski definition) is 2. The Morgan fingerprint density at radius 1 is 1.25 bits per heavy atom. The molecule has 24 heavy (non-hydrogen) atoms. The van der Waals surface area contributed by atoms with Crippen LogP contribution in [0.3, 0.4) is 0 Å². The SMILES string of the molecule is COc1ccc(NC(=O)COc2cccc3c2CCC[C@H]3O)cc1. The van der Waals surface area contributed by atoms with Crippen molar-refractivity contribution in [2.45, 2.75) is 25.4 Å². The molecule has 1 amide bonds. The van der Waals surface area contributed by atoms with Crippen LogP contribution in [0.15, 0.2) is 42.5 Å². The Balaban J connectivity index is 1.61. The first-order chi connectivity index (χ1) is 11.7. The van der Waals surface area contributed by atoms with Gasteiger partial charge in [-0.1, -0.05) is 12.1 Å². The zero-order valence-electron chi connectivity index (χ0n) is 13.6. The highest BCUT2D eigenvalue weighted by Crippen LogP contribution is 2.35. The van der Waals surface area contributed by atoms with Crippen molar-refractivity contribution in [1.29, 1.82) is 0 Å².